The molecule has 2 aromatic rings. The quantitative estimate of drug-likeness (QED) is 0.913. The molecule has 6 nitrogen and oxygen atoms in total. The molecule has 1 heterocycles. The van der Waals surface area contributed by atoms with Gasteiger partial charge in [-0.2, -0.15) is 0 Å². The first-order chi connectivity index (χ1) is 11.1. The van der Waals surface area contributed by atoms with Crippen LogP contribution in [0.2, 0.25) is 0 Å². The van der Waals surface area contributed by atoms with Crippen LogP contribution in [-0.2, 0) is 4.79 Å². The minimum atomic E-state index is -0.299. The lowest BCUT2D eigenvalue weighted by Crippen LogP contribution is -2.20. The summed E-state index contributed by atoms with van der Waals surface area (Å²) in [5.41, 5.74) is 1.60. The van der Waals surface area contributed by atoms with E-state index in [9.17, 15) is 9.59 Å². The number of anilines is 2. The van der Waals surface area contributed by atoms with Crippen molar-refractivity contribution in [1.82, 2.24) is 0 Å². The zero-order valence-corrected chi connectivity index (χ0v) is 12.6. The molecule has 0 spiro atoms. The van der Waals surface area contributed by atoms with Crippen molar-refractivity contribution in [2.45, 2.75) is 6.92 Å². The molecule has 0 fully saturated rings. The summed E-state index contributed by atoms with van der Waals surface area (Å²) in [6.45, 7) is 2.31. The molecule has 0 unspecified atom stereocenters. The number of para-hydroxylation sites is 1. The first-order valence-corrected chi connectivity index (χ1v) is 7.21. The Bertz CT molecular complexity index is 758. The van der Waals surface area contributed by atoms with Crippen molar-refractivity contribution in [1.29, 1.82) is 0 Å². The normalized spacial score (nSPS) is 12.4. The Morgan fingerprint density at radius 2 is 1.65 bits per heavy atom. The third-order valence-corrected chi connectivity index (χ3v) is 3.25. The van der Waals surface area contributed by atoms with Gasteiger partial charge in [-0.15, -0.1) is 0 Å². The van der Waals surface area contributed by atoms with Crippen molar-refractivity contribution in [2.24, 2.45) is 0 Å². The summed E-state index contributed by atoms with van der Waals surface area (Å²) >= 11 is 0. The second kappa shape index (κ2) is 6.39. The topological polar surface area (TPSA) is 76.7 Å². The molecule has 0 atom stereocenters. The summed E-state index contributed by atoms with van der Waals surface area (Å²) in [4.78, 5) is 23.6. The van der Waals surface area contributed by atoms with Crippen LogP contribution in [0.25, 0.3) is 0 Å². The number of hydrogen-bond donors (Lipinski definition) is 2. The van der Waals surface area contributed by atoms with E-state index in [0.717, 1.165) is 0 Å². The lowest BCUT2D eigenvalue weighted by atomic mass is 10.1. The number of carbonyl (C=O) groups excluding carboxylic acids is 2. The average Bonchev–Trinajstić information content (AvgIpc) is 2.54. The van der Waals surface area contributed by atoms with Gasteiger partial charge in [0, 0.05) is 18.3 Å². The van der Waals surface area contributed by atoms with Gasteiger partial charge in [-0.3, -0.25) is 9.59 Å². The molecule has 6 heteroatoms. The van der Waals surface area contributed by atoms with Crippen LogP contribution in [0.1, 0.15) is 17.3 Å². The Morgan fingerprint density at radius 1 is 0.957 bits per heavy atom. The third-order valence-electron chi connectivity index (χ3n) is 3.25. The maximum absolute atomic E-state index is 12.5. The van der Waals surface area contributed by atoms with E-state index in [0.29, 0.717) is 41.7 Å². The standard InChI is InChI=1S/C17H16N2O4/c1-11(20)18-12-4-2-5-13(10-12)19-17(21)14-6-3-7-15-16(14)23-9-8-22-15/h2-7,10H,8-9H2,1H3,(H,18,20)(H,19,21). The van der Waals surface area contributed by atoms with Crippen LogP contribution in [0.5, 0.6) is 11.5 Å². The van der Waals surface area contributed by atoms with Gasteiger partial charge >= 0.3 is 0 Å². The largest absolute Gasteiger partial charge is 0.486 e. The molecule has 0 bridgehead atoms. The molecule has 2 aromatic carbocycles. The molecule has 3 rings (SSSR count). The Balaban J connectivity index is 1.81. The molecule has 0 saturated carbocycles. The molecule has 118 valence electrons. The lowest BCUT2D eigenvalue weighted by Gasteiger charge is -2.20. The minimum absolute atomic E-state index is 0.170. The maximum atomic E-state index is 12.5. The summed E-state index contributed by atoms with van der Waals surface area (Å²) in [7, 11) is 0. The summed E-state index contributed by atoms with van der Waals surface area (Å²) in [6, 6.07) is 12.1. The predicted octanol–water partition coefficient (Wildman–Crippen LogP) is 2.67. The predicted molar refractivity (Wildman–Crippen MR) is 86.1 cm³/mol. The van der Waals surface area contributed by atoms with Crippen LogP contribution in [0.3, 0.4) is 0 Å². The fraction of sp³-hybridized carbons (Fsp3) is 0.176. The van der Waals surface area contributed by atoms with Gasteiger partial charge in [0.05, 0.1) is 5.56 Å². The van der Waals surface area contributed by atoms with E-state index in [1.807, 2.05) is 0 Å². The first-order valence-electron chi connectivity index (χ1n) is 7.21. The number of fused-ring (bicyclic) bond motifs is 1. The lowest BCUT2D eigenvalue weighted by molar-refractivity contribution is -0.114. The highest BCUT2D eigenvalue weighted by molar-refractivity contribution is 6.07. The molecule has 23 heavy (non-hydrogen) atoms. The van der Waals surface area contributed by atoms with E-state index in [-0.39, 0.29) is 11.8 Å². The fourth-order valence-electron chi connectivity index (χ4n) is 2.33. The molecule has 1 aliphatic heterocycles. The summed E-state index contributed by atoms with van der Waals surface area (Å²) < 4.78 is 11.0. The van der Waals surface area contributed by atoms with Crippen LogP contribution in [0, 0.1) is 0 Å². The average molecular weight is 312 g/mol. The van der Waals surface area contributed by atoms with Crippen molar-refractivity contribution in [3.63, 3.8) is 0 Å². The van der Waals surface area contributed by atoms with Crippen molar-refractivity contribution >= 4 is 23.2 Å². The number of amides is 2. The smallest absolute Gasteiger partial charge is 0.259 e. The zero-order valence-electron chi connectivity index (χ0n) is 12.6. The number of benzene rings is 2. The maximum Gasteiger partial charge on any atom is 0.259 e. The Labute approximate surface area is 133 Å². The van der Waals surface area contributed by atoms with Gasteiger partial charge in [-0.25, -0.2) is 0 Å². The highest BCUT2D eigenvalue weighted by Crippen LogP contribution is 2.34. The first kappa shape index (κ1) is 14.9. The zero-order chi connectivity index (χ0) is 16.2. The van der Waals surface area contributed by atoms with Gasteiger partial charge in [0.2, 0.25) is 5.91 Å². The summed E-state index contributed by atoms with van der Waals surface area (Å²) in [5, 5.41) is 5.47. The monoisotopic (exact) mass is 312 g/mol. The molecule has 0 saturated heterocycles. The fourth-order valence-corrected chi connectivity index (χ4v) is 2.33. The van der Waals surface area contributed by atoms with E-state index >= 15 is 0 Å². The van der Waals surface area contributed by atoms with Crippen molar-refractivity contribution in [3.8, 4) is 11.5 Å². The number of ether oxygens (including phenoxy) is 2. The van der Waals surface area contributed by atoms with Crippen LogP contribution in [-0.4, -0.2) is 25.0 Å². The number of hydrogen-bond acceptors (Lipinski definition) is 4. The third kappa shape index (κ3) is 3.42. The summed E-state index contributed by atoms with van der Waals surface area (Å²) in [6.07, 6.45) is 0. The molecule has 2 amide bonds. The van der Waals surface area contributed by atoms with E-state index in [1.54, 1.807) is 42.5 Å². The van der Waals surface area contributed by atoms with Gasteiger partial charge in [-0.1, -0.05) is 12.1 Å². The van der Waals surface area contributed by atoms with E-state index in [4.69, 9.17) is 9.47 Å². The van der Waals surface area contributed by atoms with Crippen molar-refractivity contribution in [2.75, 3.05) is 23.8 Å². The number of carbonyl (C=O) groups is 2. The Morgan fingerprint density at radius 3 is 2.43 bits per heavy atom. The van der Waals surface area contributed by atoms with Gasteiger partial charge in [0.1, 0.15) is 13.2 Å². The number of rotatable bonds is 3. The molecule has 0 aromatic heterocycles. The van der Waals surface area contributed by atoms with E-state index in [2.05, 4.69) is 10.6 Å². The van der Waals surface area contributed by atoms with Crippen LogP contribution >= 0.6 is 0 Å². The Kier molecular flexibility index (Phi) is 4.14. The Hall–Kier alpha value is -3.02. The van der Waals surface area contributed by atoms with Crippen LogP contribution in [0.15, 0.2) is 42.5 Å². The highest BCUT2D eigenvalue weighted by atomic mass is 16.6. The second-order valence-electron chi connectivity index (χ2n) is 5.05. The second-order valence-corrected chi connectivity index (χ2v) is 5.05. The highest BCUT2D eigenvalue weighted by Gasteiger charge is 2.20. The van der Waals surface area contributed by atoms with E-state index in [1.165, 1.54) is 6.92 Å². The molecule has 0 aliphatic carbocycles. The SMILES string of the molecule is CC(=O)Nc1cccc(NC(=O)c2cccc3c2OCCO3)c1. The molecular formula is C17H16N2O4. The molecular weight excluding hydrogens is 296 g/mol. The van der Waals surface area contributed by atoms with Crippen molar-refractivity contribution < 1.29 is 19.1 Å². The number of nitrogens with one attached hydrogen (secondary N) is 2. The van der Waals surface area contributed by atoms with Gasteiger partial charge < -0.3 is 20.1 Å². The van der Waals surface area contributed by atoms with Gasteiger partial charge in [-0.05, 0) is 30.3 Å². The molecule has 2 N–H and O–H groups in total. The minimum Gasteiger partial charge on any atom is -0.486 e. The molecule has 0 radical (unpaired) electrons. The molecule has 1 aliphatic rings. The van der Waals surface area contributed by atoms with Crippen molar-refractivity contribution in [3.05, 3.63) is 48.0 Å². The van der Waals surface area contributed by atoms with Gasteiger partial charge in [0.25, 0.3) is 5.91 Å². The summed E-state index contributed by atoms with van der Waals surface area (Å²) in [5.74, 6) is 0.550. The van der Waals surface area contributed by atoms with E-state index < -0.39 is 0 Å². The van der Waals surface area contributed by atoms with Crippen LogP contribution in [0.4, 0.5) is 11.4 Å². The van der Waals surface area contributed by atoms with Gasteiger partial charge in [0.15, 0.2) is 11.5 Å². The van der Waals surface area contributed by atoms with Crippen LogP contribution < -0.4 is 20.1 Å².